The van der Waals surface area contributed by atoms with E-state index in [4.69, 9.17) is 9.47 Å². The van der Waals surface area contributed by atoms with E-state index in [9.17, 15) is 19.5 Å². The first kappa shape index (κ1) is 24.4. The Morgan fingerprint density at radius 2 is 1.57 bits per heavy atom. The van der Waals surface area contributed by atoms with E-state index in [1.54, 1.807) is 6.92 Å². The predicted octanol–water partition coefficient (Wildman–Crippen LogP) is 4.45. The van der Waals surface area contributed by atoms with Crippen molar-refractivity contribution in [3.8, 4) is 0 Å². The summed E-state index contributed by atoms with van der Waals surface area (Å²) in [7, 11) is 0. The van der Waals surface area contributed by atoms with E-state index in [2.05, 4.69) is 6.92 Å². The molecule has 0 spiro atoms. The maximum atomic E-state index is 13.0. The summed E-state index contributed by atoms with van der Waals surface area (Å²) in [6.07, 6.45) is 2.93. The molecule has 6 nitrogen and oxygen atoms in total. The van der Waals surface area contributed by atoms with Crippen LogP contribution in [0.5, 0.6) is 0 Å². The van der Waals surface area contributed by atoms with Gasteiger partial charge in [-0.1, -0.05) is 53.9 Å². The molecule has 5 atom stereocenters. The molecular weight excluding hydrogens is 360 g/mol. The fourth-order valence-electron chi connectivity index (χ4n) is 4.01. The molecule has 1 aliphatic rings. The Balaban J connectivity index is 2.70. The fourth-order valence-corrected chi connectivity index (χ4v) is 4.01. The molecule has 1 rings (SSSR count). The van der Waals surface area contributed by atoms with Crippen LogP contribution in [-0.4, -0.2) is 35.7 Å². The van der Waals surface area contributed by atoms with Crippen LogP contribution in [0.4, 0.5) is 0 Å². The minimum atomic E-state index is -0.948. The molecule has 0 aliphatic heterocycles. The van der Waals surface area contributed by atoms with Gasteiger partial charge >= 0.3 is 17.9 Å². The van der Waals surface area contributed by atoms with Gasteiger partial charge in [-0.2, -0.15) is 0 Å². The zero-order valence-corrected chi connectivity index (χ0v) is 18.5. The number of hydrogen-bond acceptors (Lipinski definition) is 5. The van der Waals surface area contributed by atoms with E-state index in [-0.39, 0.29) is 23.9 Å². The first-order chi connectivity index (χ1) is 12.9. The molecule has 0 amide bonds. The van der Waals surface area contributed by atoms with E-state index >= 15 is 0 Å². The lowest BCUT2D eigenvalue weighted by Gasteiger charge is -2.44. The van der Waals surface area contributed by atoms with Crippen LogP contribution in [0.3, 0.4) is 0 Å². The van der Waals surface area contributed by atoms with Crippen molar-refractivity contribution in [2.24, 2.45) is 28.6 Å². The number of esters is 2. The first-order valence-corrected chi connectivity index (χ1v) is 10.5. The minimum Gasteiger partial charge on any atom is -0.481 e. The van der Waals surface area contributed by atoms with Crippen molar-refractivity contribution in [3.05, 3.63) is 0 Å². The van der Waals surface area contributed by atoms with Gasteiger partial charge in [0.15, 0.2) is 0 Å². The Morgan fingerprint density at radius 1 is 1.04 bits per heavy atom. The van der Waals surface area contributed by atoms with Gasteiger partial charge in [0.2, 0.25) is 0 Å². The third kappa shape index (κ3) is 5.48. The monoisotopic (exact) mass is 398 g/mol. The van der Waals surface area contributed by atoms with Crippen LogP contribution in [0.15, 0.2) is 0 Å². The van der Waals surface area contributed by atoms with E-state index in [0.717, 1.165) is 19.3 Å². The summed E-state index contributed by atoms with van der Waals surface area (Å²) in [5.41, 5.74) is -0.954. The van der Waals surface area contributed by atoms with Gasteiger partial charge < -0.3 is 14.6 Å². The molecule has 0 aromatic rings. The normalized spacial score (nSPS) is 24.5. The average molecular weight is 399 g/mol. The third-order valence-corrected chi connectivity index (χ3v) is 6.73. The van der Waals surface area contributed by atoms with Gasteiger partial charge in [0, 0.05) is 0 Å². The Labute approximate surface area is 169 Å². The lowest BCUT2D eigenvalue weighted by Crippen LogP contribution is -2.47. The molecule has 5 unspecified atom stereocenters. The lowest BCUT2D eigenvalue weighted by molar-refractivity contribution is -0.178. The standard InChI is InChI=1S/C22H38O6/c1-8-14(2)22(7,21(4,5)6)20(26)28-15(3)13-27-19(25)17-12-10-9-11-16(17)18(23)24/h14-17H,8-13H2,1-7H3,(H,23,24). The van der Waals surface area contributed by atoms with Gasteiger partial charge in [-0.05, 0) is 38.0 Å². The highest BCUT2D eigenvalue weighted by Crippen LogP contribution is 2.47. The second kappa shape index (κ2) is 9.75. The van der Waals surface area contributed by atoms with Crippen molar-refractivity contribution in [2.75, 3.05) is 6.61 Å². The van der Waals surface area contributed by atoms with Gasteiger partial charge in [0.05, 0.1) is 17.3 Å². The van der Waals surface area contributed by atoms with E-state index in [0.29, 0.717) is 12.8 Å². The van der Waals surface area contributed by atoms with Crippen LogP contribution in [0, 0.1) is 28.6 Å². The highest BCUT2D eigenvalue weighted by molar-refractivity contribution is 5.81. The van der Waals surface area contributed by atoms with Crippen LogP contribution < -0.4 is 0 Å². The molecule has 162 valence electrons. The summed E-state index contributed by atoms with van der Waals surface area (Å²) in [6, 6.07) is 0. The van der Waals surface area contributed by atoms with Gasteiger partial charge in [0.1, 0.15) is 12.7 Å². The van der Waals surface area contributed by atoms with Crippen molar-refractivity contribution < 1.29 is 29.0 Å². The number of carbonyl (C=O) groups is 3. The van der Waals surface area contributed by atoms with Crippen molar-refractivity contribution in [3.63, 3.8) is 0 Å². The first-order valence-electron chi connectivity index (χ1n) is 10.5. The second-order valence-corrected chi connectivity index (χ2v) is 9.44. The Kier molecular flexibility index (Phi) is 8.51. The topological polar surface area (TPSA) is 89.9 Å². The highest BCUT2D eigenvalue weighted by atomic mass is 16.6. The highest BCUT2D eigenvalue weighted by Gasteiger charge is 2.49. The van der Waals surface area contributed by atoms with Crippen LogP contribution in [-0.2, 0) is 23.9 Å². The molecule has 0 bridgehead atoms. The molecule has 1 N–H and O–H groups in total. The molecular formula is C22H38O6. The van der Waals surface area contributed by atoms with E-state index in [1.807, 2.05) is 34.6 Å². The zero-order chi connectivity index (χ0) is 21.7. The SMILES string of the molecule is CCC(C)C(C)(C(=O)OC(C)COC(=O)C1CCCCC1C(=O)O)C(C)(C)C. The zero-order valence-electron chi connectivity index (χ0n) is 18.5. The number of hydrogen-bond donors (Lipinski definition) is 1. The summed E-state index contributed by atoms with van der Waals surface area (Å²) >= 11 is 0. The molecule has 28 heavy (non-hydrogen) atoms. The number of carboxylic acids is 1. The summed E-state index contributed by atoms with van der Waals surface area (Å²) in [5.74, 6) is -2.92. The minimum absolute atomic E-state index is 0.0614. The lowest BCUT2D eigenvalue weighted by atomic mass is 9.60. The quantitative estimate of drug-likeness (QED) is 0.608. The Bertz CT molecular complexity index is 564. The Morgan fingerprint density at radius 3 is 2.04 bits per heavy atom. The van der Waals surface area contributed by atoms with E-state index in [1.165, 1.54) is 0 Å². The summed E-state index contributed by atoms with van der Waals surface area (Å²) in [5, 5.41) is 9.32. The number of carbonyl (C=O) groups excluding carboxylic acids is 2. The molecule has 0 heterocycles. The molecule has 1 aliphatic carbocycles. The molecule has 6 heteroatoms. The van der Waals surface area contributed by atoms with Gasteiger partial charge in [-0.3, -0.25) is 14.4 Å². The summed E-state index contributed by atoms with van der Waals surface area (Å²) < 4.78 is 11.0. The second-order valence-electron chi connectivity index (χ2n) is 9.44. The van der Waals surface area contributed by atoms with Crippen molar-refractivity contribution in [1.29, 1.82) is 0 Å². The molecule has 1 saturated carbocycles. The predicted molar refractivity (Wildman–Crippen MR) is 107 cm³/mol. The summed E-state index contributed by atoms with van der Waals surface area (Å²) in [4.78, 5) is 36.7. The Hall–Kier alpha value is -1.59. The van der Waals surface area contributed by atoms with Crippen molar-refractivity contribution >= 4 is 17.9 Å². The van der Waals surface area contributed by atoms with Crippen molar-refractivity contribution in [2.45, 2.75) is 86.7 Å². The average Bonchev–Trinajstić information content (AvgIpc) is 2.63. The fraction of sp³-hybridized carbons (Fsp3) is 0.864. The van der Waals surface area contributed by atoms with Crippen molar-refractivity contribution in [1.82, 2.24) is 0 Å². The molecule has 0 radical (unpaired) electrons. The van der Waals surface area contributed by atoms with E-state index < -0.39 is 35.3 Å². The number of ether oxygens (including phenoxy) is 2. The molecule has 1 fully saturated rings. The summed E-state index contributed by atoms with van der Waals surface area (Å²) in [6.45, 7) is 13.7. The van der Waals surface area contributed by atoms with Gasteiger partial charge in [-0.25, -0.2) is 0 Å². The van der Waals surface area contributed by atoms with Gasteiger partial charge in [0.25, 0.3) is 0 Å². The molecule has 0 aromatic carbocycles. The number of rotatable bonds is 8. The largest absolute Gasteiger partial charge is 0.481 e. The van der Waals surface area contributed by atoms with Crippen LogP contribution in [0.1, 0.15) is 80.6 Å². The molecule has 0 aromatic heterocycles. The van der Waals surface area contributed by atoms with Gasteiger partial charge in [-0.15, -0.1) is 0 Å². The van der Waals surface area contributed by atoms with Crippen LogP contribution >= 0.6 is 0 Å². The number of aliphatic carboxylic acids is 1. The smallest absolute Gasteiger partial charge is 0.312 e. The maximum absolute atomic E-state index is 13.0. The molecule has 0 saturated heterocycles. The van der Waals surface area contributed by atoms with Crippen LogP contribution in [0.2, 0.25) is 0 Å². The number of carboxylic acid groups (broad SMARTS) is 1. The van der Waals surface area contributed by atoms with Crippen LogP contribution in [0.25, 0.3) is 0 Å². The maximum Gasteiger partial charge on any atom is 0.312 e. The third-order valence-electron chi connectivity index (χ3n) is 6.73.